The molecule has 1 aromatic heterocycles. The number of thiazole rings is 1. The van der Waals surface area contributed by atoms with Crippen LogP contribution in [0.2, 0.25) is 0 Å². The molecule has 6 heteroatoms. The molecule has 2 aliphatic rings. The van der Waals surface area contributed by atoms with Gasteiger partial charge in [0.2, 0.25) is 11.8 Å². The third-order valence-electron chi connectivity index (χ3n) is 4.81. The molecule has 1 atom stereocenters. The van der Waals surface area contributed by atoms with Crippen molar-refractivity contribution in [2.75, 3.05) is 10.2 Å². The number of hydrogen-bond acceptors (Lipinski definition) is 4. The first-order chi connectivity index (χ1) is 11.9. The average Bonchev–Trinajstić information content (AvgIpc) is 3.25. The molecular formula is C19H21N3O2S. The Kier molecular flexibility index (Phi) is 3.87. The molecule has 130 valence electrons. The minimum Gasteiger partial charge on any atom is -0.309 e. The van der Waals surface area contributed by atoms with Gasteiger partial charge in [0.1, 0.15) is 0 Å². The molecule has 0 saturated heterocycles. The number of nitrogens with one attached hydrogen (secondary N) is 1. The summed E-state index contributed by atoms with van der Waals surface area (Å²) in [7, 11) is 0. The molecular weight excluding hydrogens is 334 g/mol. The quantitative estimate of drug-likeness (QED) is 0.912. The van der Waals surface area contributed by atoms with Crippen molar-refractivity contribution in [2.24, 2.45) is 5.92 Å². The van der Waals surface area contributed by atoms with Gasteiger partial charge >= 0.3 is 0 Å². The van der Waals surface area contributed by atoms with Crippen LogP contribution in [0.5, 0.6) is 0 Å². The van der Waals surface area contributed by atoms with E-state index in [-0.39, 0.29) is 23.8 Å². The van der Waals surface area contributed by atoms with E-state index in [1.165, 1.54) is 23.8 Å². The first kappa shape index (κ1) is 16.3. The first-order valence-corrected chi connectivity index (χ1v) is 9.47. The number of hydrogen-bond donors (Lipinski definition) is 1. The van der Waals surface area contributed by atoms with Crippen molar-refractivity contribution in [3.63, 3.8) is 0 Å². The maximum Gasteiger partial charge on any atom is 0.230 e. The van der Waals surface area contributed by atoms with Crippen molar-refractivity contribution in [1.29, 1.82) is 0 Å². The molecule has 0 unspecified atom stereocenters. The number of aromatic nitrogens is 1. The maximum atomic E-state index is 12.6. The van der Waals surface area contributed by atoms with Gasteiger partial charge in [0.15, 0.2) is 5.13 Å². The summed E-state index contributed by atoms with van der Waals surface area (Å²) < 4.78 is 0. The molecule has 5 nitrogen and oxygen atoms in total. The highest BCUT2D eigenvalue weighted by Gasteiger charge is 2.39. The van der Waals surface area contributed by atoms with Crippen LogP contribution in [0.3, 0.4) is 0 Å². The molecule has 1 saturated carbocycles. The third kappa shape index (κ3) is 2.95. The van der Waals surface area contributed by atoms with Crippen LogP contribution in [0, 0.1) is 12.8 Å². The van der Waals surface area contributed by atoms with Crippen LogP contribution in [0.1, 0.15) is 37.1 Å². The second-order valence-corrected chi connectivity index (χ2v) is 8.19. The summed E-state index contributed by atoms with van der Waals surface area (Å²) >= 11 is 1.48. The number of anilines is 2. The Morgan fingerprint density at radius 2 is 2.08 bits per heavy atom. The third-order valence-corrected chi connectivity index (χ3v) is 5.70. The monoisotopic (exact) mass is 355 g/mol. The van der Waals surface area contributed by atoms with Crippen molar-refractivity contribution >= 4 is 34.0 Å². The fourth-order valence-corrected chi connectivity index (χ4v) is 4.39. The van der Waals surface area contributed by atoms with E-state index in [1.807, 2.05) is 24.0 Å². The fraction of sp³-hybridized carbons (Fsp3) is 0.421. The lowest BCUT2D eigenvalue weighted by Crippen LogP contribution is -2.36. The number of nitrogens with zero attached hydrogens (tertiary/aromatic N) is 2. The lowest BCUT2D eigenvalue weighted by Gasteiger charge is -2.22. The number of amides is 2. The van der Waals surface area contributed by atoms with E-state index in [4.69, 9.17) is 0 Å². The number of aryl methyl sites for hydroxylation is 1. The lowest BCUT2D eigenvalue weighted by atomic mass is 10.0. The Bertz CT molecular complexity index is 870. The topological polar surface area (TPSA) is 62.3 Å². The molecule has 2 aromatic rings. The Hall–Kier alpha value is -2.21. The number of rotatable bonds is 3. The van der Waals surface area contributed by atoms with E-state index in [9.17, 15) is 9.59 Å². The lowest BCUT2D eigenvalue weighted by molar-refractivity contribution is -0.120. The number of benzene rings is 1. The highest BCUT2D eigenvalue weighted by Crippen LogP contribution is 2.41. The maximum absolute atomic E-state index is 12.6. The first-order valence-electron chi connectivity index (χ1n) is 8.65. The van der Waals surface area contributed by atoms with Crippen LogP contribution in [0.25, 0.3) is 11.3 Å². The van der Waals surface area contributed by atoms with Gasteiger partial charge in [-0.2, -0.15) is 0 Å². The van der Waals surface area contributed by atoms with Gasteiger partial charge in [-0.3, -0.25) is 9.59 Å². The highest BCUT2D eigenvalue weighted by molar-refractivity contribution is 7.16. The molecule has 1 N–H and O–H groups in total. The van der Waals surface area contributed by atoms with Crippen molar-refractivity contribution < 1.29 is 9.59 Å². The normalized spacial score (nSPS) is 19.0. The van der Waals surface area contributed by atoms with Gasteiger partial charge in [-0.05, 0) is 50.8 Å². The van der Waals surface area contributed by atoms with Crippen LogP contribution in [-0.4, -0.2) is 22.8 Å². The van der Waals surface area contributed by atoms with Crippen molar-refractivity contribution in [3.8, 4) is 11.3 Å². The van der Waals surface area contributed by atoms with E-state index in [0.29, 0.717) is 5.13 Å². The Morgan fingerprint density at radius 1 is 1.32 bits per heavy atom. The molecule has 1 fully saturated rings. The Labute approximate surface area is 151 Å². The van der Waals surface area contributed by atoms with Crippen LogP contribution in [-0.2, 0) is 16.0 Å². The number of fused-ring (bicyclic) bond motifs is 1. The Morgan fingerprint density at radius 3 is 2.76 bits per heavy atom. The zero-order valence-electron chi connectivity index (χ0n) is 14.6. The molecule has 25 heavy (non-hydrogen) atoms. The van der Waals surface area contributed by atoms with Crippen LogP contribution < -0.4 is 10.2 Å². The molecule has 2 heterocycles. The molecule has 2 amide bonds. The van der Waals surface area contributed by atoms with E-state index < -0.39 is 0 Å². The molecule has 0 bridgehead atoms. The van der Waals surface area contributed by atoms with Gasteiger partial charge in [-0.15, -0.1) is 11.3 Å². The van der Waals surface area contributed by atoms with Gasteiger partial charge in [0.05, 0.1) is 5.69 Å². The number of carbonyl (C=O) groups is 2. The predicted molar refractivity (Wildman–Crippen MR) is 100.0 cm³/mol. The van der Waals surface area contributed by atoms with Crippen molar-refractivity contribution in [1.82, 2.24) is 4.98 Å². The fourth-order valence-electron chi connectivity index (χ4n) is 3.51. The summed E-state index contributed by atoms with van der Waals surface area (Å²) in [4.78, 5) is 31.4. The molecule has 1 aliphatic carbocycles. The smallest absolute Gasteiger partial charge is 0.230 e. The minimum absolute atomic E-state index is 0.114. The average molecular weight is 355 g/mol. The van der Waals surface area contributed by atoms with Crippen LogP contribution in [0.15, 0.2) is 18.2 Å². The second-order valence-electron chi connectivity index (χ2n) is 6.98. The molecule has 4 rings (SSSR count). The molecule has 0 radical (unpaired) electrons. The summed E-state index contributed by atoms with van der Waals surface area (Å²) in [6.07, 6.45) is 2.93. The standard InChI is InChI=1S/C19H21N3O2S/c1-10-8-15-9-14(17-11(2)25-19(21-17)20-12(3)23)6-7-16(15)22(10)18(24)13-4-5-13/h6-7,9-10,13H,4-5,8H2,1-3H3,(H,20,21,23)/t10-/m1/s1. The number of carbonyl (C=O) groups excluding carboxylic acids is 2. The minimum atomic E-state index is -0.114. The predicted octanol–water partition coefficient (Wildman–Crippen LogP) is 3.76. The highest BCUT2D eigenvalue weighted by atomic mass is 32.1. The van der Waals surface area contributed by atoms with E-state index in [2.05, 4.69) is 23.3 Å². The second kappa shape index (κ2) is 5.95. The zero-order valence-corrected chi connectivity index (χ0v) is 15.4. The van der Waals surface area contributed by atoms with E-state index in [0.717, 1.165) is 41.1 Å². The summed E-state index contributed by atoms with van der Waals surface area (Å²) in [5.74, 6) is 0.392. The van der Waals surface area contributed by atoms with Gasteiger partial charge in [-0.25, -0.2) is 4.98 Å². The van der Waals surface area contributed by atoms with E-state index >= 15 is 0 Å². The van der Waals surface area contributed by atoms with Crippen LogP contribution >= 0.6 is 11.3 Å². The van der Waals surface area contributed by atoms with Gasteiger partial charge in [0, 0.05) is 35.0 Å². The summed E-state index contributed by atoms with van der Waals surface area (Å²) in [5.41, 5.74) is 4.18. The van der Waals surface area contributed by atoms with E-state index in [1.54, 1.807) is 0 Å². The molecule has 0 spiro atoms. The largest absolute Gasteiger partial charge is 0.309 e. The van der Waals surface area contributed by atoms with Crippen LogP contribution in [0.4, 0.5) is 10.8 Å². The summed E-state index contributed by atoms with van der Waals surface area (Å²) in [6.45, 7) is 5.61. The zero-order chi connectivity index (χ0) is 17.7. The SMILES string of the molecule is CC(=O)Nc1nc(-c2ccc3c(c2)C[C@@H](C)N3C(=O)C2CC2)c(C)s1. The van der Waals surface area contributed by atoms with Gasteiger partial charge in [-0.1, -0.05) is 6.07 Å². The molecule has 1 aromatic carbocycles. The Balaban J connectivity index is 1.66. The summed E-state index contributed by atoms with van der Waals surface area (Å²) in [5, 5.41) is 3.38. The van der Waals surface area contributed by atoms with Gasteiger partial charge in [0.25, 0.3) is 0 Å². The van der Waals surface area contributed by atoms with Crippen molar-refractivity contribution in [2.45, 2.75) is 46.1 Å². The molecule has 1 aliphatic heterocycles. The van der Waals surface area contributed by atoms with Crippen molar-refractivity contribution in [3.05, 3.63) is 28.6 Å². The summed E-state index contributed by atoms with van der Waals surface area (Å²) in [6, 6.07) is 6.44. The van der Waals surface area contributed by atoms with Gasteiger partial charge < -0.3 is 10.2 Å².